The van der Waals surface area contributed by atoms with Gasteiger partial charge in [0, 0.05) is 6.04 Å². The molecule has 3 N–H and O–H groups in total. The molecule has 0 saturated heterocycles. The van der Waals surface area contributed by atoms with Crippen molar-refractivity contribution in [2.45, 2.75) is 44.8 Å². The van der Waals surface area contributed by atoms with E-state index in [0.717, 1.165) is 25.7 Å². The van der Waals surface area contributed by atoms with E-state index in [9.17, 15) is 13.2 Å². The molecule has 2 unspecified atom stereocenters. The SMILES string of the molecule is CC1CCCCC1Nc1nc(N)nc(C(F)(F)F)n1. The highest BCUT2D eigenvalue weighted by Crippen LogP contribution is 2.29. The van der Waals surface area contributed by atoms with Crippen LogP contribution >= 0.6 is 0 Å². The summed E-state index contributed by atoms with van der Waals surface area (Å²) in [5, 5.41) is 2.94. The lowest BCUT2D eigenvalue weighted by molar-refractivity contribution is -0.144. The Labute approximate surface area is 108 Å². The van der Waals surface area contributed by atoms with Crippen molar-refractivity contribution in [2.24, 2.45) is 5.92 Å². The first kappa shape index (κ1) is 13.8. The van der Waals surface area contributed by atoms with Gasteiger partial charge in [0.15, 0.2) is 0 Å². The van der Waals surface area contributed by atoms with Crippen molar-refractivity contribution in [2.75, 3.05) is 11.1 Å². The topological polar surface area (TPSA) is 76.7 Å². The molecule has 0 amide bonds. The lowest BCUT2D eigenvalue weighted by Gasteiger charge is -2.29. The van der Waals surface area contributed by atoms with Crippen molar-refractivity contribution < 1.29 is 13.2 Å². The third-order valence-corrected chi connectivity index (χ3v) is 3.33. The maximum atomic E-state index is 12.6. The third kappa shape index (κ3) is 3.45. The molecule has 8 heteroatoms. The second-order valence-electron chi connectivity index (χ2n) is 4.85. The van der Waals surface area contributed by atoms with Crippen LogP contribution in [-0.4, -0.2) is 21.0 Å². The van der Waals surface area contributed by atoms with Gasteiger partial charge in [-0.1, -0.05) is 19.8 Å². The van der Waals surface area contributed by atoms with Crippen molar-refractivity contribution in [1.82, 2.24) is 15.0 Å². The van der Waals surface area contributed by atoms with E-state index in [1.807, 2.05) is 0 Å². The molecule has 0 aromatic carbocycles. The Balaban J connectivity index is 2.18. The van der Waals surface area contributed by atoms with E-state index >= 15 is 0 Å². The molecule has 1 aromatic heterocycles. The molecule has 0 spiro atoms. The molecule has 106 valence electrons. The number of nitrogen functional groups attached to an aromatic ring is 1. The minimum absolute atomic E-state index is 0.0802. The lowest BCUT2D eigenvalue weighted by atomic mass is 9.86. The van der Waals surface area contributed by atoms with E-state index in [0.29, 0.717) is 5.92 Å². The van der Waals surface area contributed by atoms with E-state index in [2.05, 4.69) is 27.2 Å². The third-order valence-electron chi connectivity index (χ3n) is 3.33. The van der Waals surface area contributed by atoms with Crippen LogP contribution in [0, 0.1) is 5.92 Å². The van der Waals surface area contributed by atoms with E-state index in [-0.39, 0.29) is 12.0 Å². The van der Waals surface area contributed by atoms with Gasteiger partial charge in [-0.15, -0.1) is 0 Å². The van der Waals surface area contributed by atoms with E-state index in [1.54, 1.807) is 0 Å². The van der Waals surface area contributed by atoms with Gasteiger partial charge in [-0.05, 0) is 18.8 Å². The zero-order valence-corrected chi connectivity index (χ0v) is 10.5. The molecule has 1 aromatic rings. The van der Waals surface area contributed by atoms with Crippen LogP contribution in [0.2, 0.25) is 0 Å². The highest BCUT2D eigenvalue weighted by molar-refractivity contribution is 5.33. The molecule has 2 atom stereocenters. The second kappa shape index (κ2) is 5.18. The van der Waals surface area contributed by atoms with Crippen LogP contribution < -0.4 is 11.1 Å². The average molecular weight is 275 g/mol. The fourth-order valence-corrected chi connectivity index (χ4v) is 2.28. The van der Waals surface area contributed by atoms with Gasteiger partial charge in [0.1, 0.15) is 0 Å². The minimum Gasteiger partial charge on any atom is -0.368 e. The zero-order chi connectivity index (χ0) is 14.0. The Morgan fingerprint density at radius 2 is 1.84 bits per heavy atom. The van der Waals surface area contributed by atoms with Crippen LogP contribution in [-0.2, 0) is 6.18 Å². The van der Waals surface area contributed by atoms with Gasteiger partial charge in [-0.2, -0.15) is 28.1 Å². The summed E-state index contributed by atoms with van der Waals surface area (Å²) in [5.74, 6) is -1.40. The first-order chi connectivity index (χ1) is 8.86. The zero-order valence-electron chi connectivity index (χ0n) is 10.5. The Hall–Kier alpha value is -1.60. The van der Waals surface area contributed by atoms with Crippen LogP contribution in [0.1, 0.15) is 38.4 Å². The van der Waals surface area contributed by atoms with E-state index < -0.39 is 17.9 Å². The Morgan fingerprint density at radius 3 is 2.47 bits per heavy atom. The monoisotopic (exact) mass is 275 g/mol. The van der Waals surface area contributed by atoms with E-state index in [4.69, 9.17) is 5.73 Å². The van der Waals surface area contributed by atoms with Crippen molar-refractivity contribution in [3.05, 3.63) is 5.82 Å². The Kier molecular flexibility index (Phi) is 3.77. The first-order valence-corrected chi connectivity index (χ1v) is 6.21. The number of rotatable bonds is 2. The number of nitrogens with two attached hydrogens (primary N) is 1. The van der Waals surface area contributed by atoms with E-state index in [1.165, 1.54) is 0 Å². The highest BCUT2D eigenvalue weighted by atomic mass is 19.4. The molecular weight excluding hydrogens is 259 g/mol. The van der Waals surface area contributed by atoms with Crippen molar-refractivity contribution >= 4 is 11.9 Å². The number of alkyl halides is 3. The molecule has 1 saturated carbocycles. The number of anilines is 2. The fourth-order valence-electron chi connectivity index (χ4n) is 2.28. The number of hydrogen-bond acceptors (Lipinski definition) is 5. The van der Waals surface area contributed by atoms with Gasteiger partial charge in [0.2, 0.25) is 17.7 Å². The van der Waals surface area contributed by atoms with Crippen molar-refractivity contribution in [1.29, 1.82) is 0 Å². The number of aromatic nitrogens is 3. The summed E-state index contributed by atoms with van der Waals surface area (Å²) in [5.41, 5.74) is 5.29. The van der Waals surface area contributed by atoms with Gasteiger partial charge in [-0.3, -0.25) is 0 Å². The fraction of sp³-hybridized carbons (Fsp3) is 0.727. The van der Waals surface area contributed by atoms with Gasteiger partial charge in [0.05, 0.1) is 0 Å². The molecule has 0 aliphatic heterocycles. The van der Waals surface area contributed by atoms with Crippen molar-refractivity contribution in [3.8, 4) is 0 Å². The largest absolute Gasteiger partial charge is 0.451 e. The van der Waals surface area contributed by atoms with Gasteiger partial charge < -0.3 is 11.1 Å². The molecule has 5 nitrogen and oxygen atoms in total. The molecule has 2 rings (SSSR count). The lowest BCUT2D eigenvalue weighted by Crippen LogP contribution is -2.31. The second-order valence-corrected chi connectivity index (χ2v) is 4.85. The maximum Gasteiger partial charge on any atom is 0.451 e. The summed E-state index contributed by atoms with van der Waals surface area (Å²) >= 11 is 0. The molecule has 19 heavy (non-hydrogen) atoms. The van der Waals surface area contributed by atoms with Crippen LogP contribution in [0.4, 0.5) is 25.1 Å². The summed E-state index contributed by atoms with van der Waals surface area (Å²) < 4.78 is 37.7. The molecule has 1 heterocycles. The van der Waals surface area contributed by atoms with Crippen LogP contribution in [0.3, 0.4) is 0 Å². The van der Waals surface area contributed by atoms with Crippen LogP contribution in [0.5, 0.6) is 0 Å². The predicted octanol–water partition coefficient (Wildman–Crippen LogP) is 2.46. The first-order valence-electron chi connectivity index (χ1n) is 6.21. The molecule has 1 aliphatic rings. The molecule has 1 fully saturated rings. The van der Waals surface area contributed by atoms with Crippen molar-refractivity contribution in [3.63, 3.8) is 0 Å². The van der Waals surface area contributed by atoms with Gasteiger partial charge in [-0.25, -0.2) is 0 Å². The number of hydrogen-bond donors (Lipinski definition) is 2. The summed E-state index contributed by atoms with van der Waals surface area (Å²) in [6.45, 7) is 2.06. The molecule has 0 bridgehead atoms. The summed E-state index contributed by atoms with van der Waals surface area (Å²) in [6.07, 6.45) is -0.481. The maximum absolute atomic E-state index is 12.6. The van der Waals surface area contributed by atoms with Gasteiger partial charge >= 0.3 is 6.18 Å². The summed E-state index contributed by atoms with van der Waals surface area (Å²) in [7, 11) is 0. The number of halogens is 3. The Bertz CT molecular complexity index is 448. The number of nitrogens with zero attached hydrogens (tertiary/aromatic N) is 3. The standard InChI is InChI=1S/C11H16F3N5/c1-6-4-2-3-5-7(6)16-10-18-8(11(12,13)14)17-9(15)19-10/h6-7H,2-5H2,1H3,(H3,15,16,17,18,19). The quantitative estimate of drug-likeness (QED) is 0.867. The number of nitrogens with one attached hydrogen (secondary N) is 1. The molecule has 0 radical (unpaired) electrons. The normalized spacial score (nSPS) is 24.2. The smallest absolute Gasteiger partial charge is 0.368 e. The minimum atomic E-state index is -4.62. The average Bonchev–Trinajstić information content (AvgIpc) is 2.30. The summed E-state index contributed by atoms with van der Waals surface area (Å²) in [4.78, 5) is 10.2. The predicted molar refractivity (Wildman–Crippen MR) is 64.3 cm³/mol. The van der Waals surface area contributed by atoms with Gasteiger partial charge in [0.25, 0.3) is 0 Å². The van der Waals surface area contributed by atoms with Crippen LogP contribution in [0.25, 0.3) is 0 Å². The molecular formula is C11H16F3N5. The van der Waals surface area contributed by atoms with Crippen LogP contribution in [0.15, 0.2) is 0 Å². The highest BCUT2D eigenvalue weighted by Gasteiger charge is 2.36. The molecule has 1 aliphatic carbocycles. The Morgan fingerprint density at radius 1 is 1.16 bits per heavy atom. The summed E-state index contributed by atoms with van der Waals surface area (Å²) in [6, 6.07) is 0.0802.